The first-order valence-electron chi connectivity index (χ1n) is 17.8. The van der Waals surface area contributed by atoms with Crippen molar-refractivity contribution in [3.8, 4) is 23.0 Å². The van der Waals surface area contributed by atoms with Gasteiger partial charge < -0.3 is 19.7 Å². The largest absolute Gasteiger partial charge is 0.461 e. The minimum absolute atomic E-state index is 0.109. The zero-order chi connectivity index (χ0) is 33.7. The molecule has 9 rings (SSSR count). The molecule has 11 heteroatoms. The number of pyridine rings is 1. The van der Waals surface area contributed by atoms with Crippen LogP contribution in [-0.4, -0.2) is 81.9 Å². The number of carbonyl (C=O) groups is 1. The molecule has 49 heavy (non-hydrogen) atoms. The van der Waals surface area contributed by atoms with Crippen LogP contribution in [0.5, 0.6) is 11.8 Å². The summed E-state index contributed by atoms with van der Waals surface area (Å²) in [6, 6.07) is 12.1. The number of aryl methyl sites for hydroxylation is 1. The molecule has 4 aromatic rings. The molecule has 2 bridgehead atoms. The van der Waals surface area contributed by atoms with Gasteiger partial charge in [-0.2, -0.15) is 9.97 Å². The Bertz CT molecular complexity index is 2000. The molecule has 4 saturated heterocycles. The average Bonchev–Trinajstić information content (AvgIpc) is 3.71. The number of nitrogens with one attached hydrogen (secondary N) is 1. The molecule has 1 N–H and O–H groups in total. The number of alkyl halides is 1. The summed E-state index contributed by atoms with van der Waals surface area (Å²) in [4.78, 5) is 32.3. The van der Waals surface area contributed by atoms with Crippen LogP contribution in [0.2, 0.25) is 0 Å². The van der Waals surface area contributed by atoms with E-state index in [2.05, 4.69) is 15.1 Å². The highest BCUT2D eigenvalue weighted by Crippen LogP contribution is 2.44. The second-order valence-corrected chi connectivity index (χ2v) is 15.8. The molecule has 0 aliphatic carbocycles. The molecule has 0 unspecified atom stereocenters. The molecule has 5 atom stereocenters. The molecule has 2 aromatic heterocycles. The van der Waals surface area contributed by atoms with E-state index in [1.165, 1.54) is 0 Å². The summed E-state index contributed by atoms with van der Waals surface area (Å²) in [5, 5.41) is 6.01. The van der Waals surface area contributed by atoms with Gasteiger partial charge in [-0.15, -0.1) is 0 Å². The lowest BCUT2D eigenvalue weighted by atomic mass is 9.95. The van der Waals surface area contributed by atoms with Gasteiger partial charge in [-0.05, 0) is 88.7 Å². The van der Waals surface area contributed by atoms with E-state index in [0.29, 0.717) is 54.0 Å². The van der Waals surface area contributed by atoms with Crippen molar-refractivity contribution < 1.29 is 23.0 Å². The van der Waals surface area contributed by atoms with Crippen molar-refractivity contribution >= 4 is 33.5 Å². The normalized spacial score (nSPS) is 27.7. The Kier molecular flexibility index (Phi) is 7.15. The maximum atomic E-state index is 17.3. The molecule has 2 aromatic carbocycles. The molecule has 0 amide bonds. The van der Waals surface area contributed by atoms with Crippen molar-refractivity contribution in [2.45, 2.75) is 95.6 Å². The fraction of sp³-hybridized carbons (Fsp3) is 0.526. The van der Waals surface area contributed by atoms with Crippen LogP contribution in [0.4, 0.5) is 14.6 Å². The summed E-state index contributed by atoms with van der Waals surface area (Å²) >= 11 is 0. The zero-order valence-corrected chi connectivity index (χ0v) is 28.3. The molecule has 0 spiro atoms. The van der Waals surface area contributed by atoms with Gasteiger partial charge in [0.1, 0.15) is 35.6 Å². The topological polar surface area (TPSA) is 92.7 Å². The van der Waals surface area contributed by atoms with E-state index in [1.54, 1.807) is 32.9 Å². The quantitative estimate of drug-likeness (QED) is 0.199. The summed E-state index contributed by atoms with van der Waals surface area (Å²) < 4.78 is 44.1. The Morgan fingerprint density at radius 3 is 2.82 bits per heavy atom. The minimum atomic E-state index is -0.884. The fourth-order valence-corrected chi connectivity index (χ4v) is 9.06. The highest BCUT2D eigenvalue weighted by Gasteiger charge is 2.50. The summed E-state index contributed by atoms with van der Waals surface area (Å²) in [7, 11) is 0. The zero-order valence-electron chi connectivity index (χ0n) is 28.3. The van der Waals surface area contributed by atoms with Crippen LogP contribution in [0.3, 0.4) is 0 Å². The van der Waals surface area contributed by atoms with Crippen molar-refractivity contribution in [3.05, 3.63) is 47.9 Å². The number of piperazine rings is 1. The third-order valence-electron chi connectivity index (χ3n) is 11.5. The molecular formula is C38H42F2N6O3. The van der Waals surface area contributed by atoms with Gasteiger partial charge in [-0.25, -0.2) is 13.8 Å². The van der Waals surface area contributed by atoms with Crippen molar-refractivity contribution in [2.24, 2.45) is 5.41 Å². The molecule has 4 fully saturated rings. The van der Waals surface area contributed by atoms with E-state index < -0.39 is 17.4 Å². The number of hydrogen-bond acceptors (Lipinski definition) is 9. The smallest absolute Gasteiger partial charge is 0.319 e. The number of hydrogen-bond donors (Lipinski definition) is 1. The molecule has 7 heterocycles. The first-order valence-corrected chi connectivity index (χ1v) is 17.8. The van der Waals surface area contributed by atoms with Crippen LogP contribution in [0.15, 0.2) is 36.4 Å². The summed E-state index contributed by atoms with van der Waals surface area (Å²) in [6.45, 7) is 7.69. The van der Waals surface area contributed by atoms with Crippen LogP contribution < -0.4 is 19.7 Å². The molecule has 0 radical (unpaired) electrons. The Labute approximate surface area is 284 Å². The summed E-state index contributed by atoms with van der Waals surface area (Å²) in [5.74, 6) is 0.0453. The van der Waals surface area contributed by atoms with E-state index in [9.17, 15) is 9.18 Å². The second kappa shape index (κ2) is 11.3. The van der Waals surface area contributed by atoms with Gasteiger partial charge in [-0.1, -0.05) is 24.3 Å². The molecule has 256 valence electrons. The monoisotopic (exact) mass is 668 g/mol. The van der Waals surface area contributed by atoms with Crippen LogP contribution in [0, 0.1) is 11.2 Å². The lowest BCUT2D eigenvalue weighted by Crippen LogP contribution is -2.58. The fourth-order valence-electron chi connectivity index (χ4n) is 9.06. The van der Waals surface area contributed by atoms with E-state index in [0.717, 1.165) is 61.7 Å². The second-order valence-electron chi connectivity index (χ2n) is 15.8. The van der Waals surface area contributed by atoms with Crippen LogP contribution in [-0.2, 0) is 11.2 Å². The average molecular weight is 669 g/mol. The van der Waals surface area contributed by atoms with Crippen molar-refractivity contribution in [1.29, 1.82) is 0 Å². The molecular weight excluding hydrogens is 626 g/mol. The van der Waals surface area contributed by atoms with Crippen molar-refractivity contribution in [2.75, 3.05) is 31.1 Å². The Morgan fingerprint density at radius 1 is 1.10 bits per heavy atom. The number of fused-ring (bicyclic) bond motifs is 7. The number of halogens is 2. The van der Waals surface area contributed by atoms with Gasteiger partial charge in [0.25, 0.3) is 0 Å². The maximum Gasteiger partial charge on any atom is 0.319 e. The number of ether oxygens (including phenoxy) is 2. The van der Waals surface area contributed by atoms with Crippen LogP contribution in [0.25, 0.3) is 32.9 Å². The van der Waals surface area contributed by atoms with Gasteiger partial charge in [0, 0.05) is 43.2 Å². The van der Waals surface area contributed by atoms with E-state index in [4.69, 9.17) is 24.4 Å². The Balaban J connectivity index is 1.20. The number of anilines is 1. The minimum Gasteiger partial charge on any atom is -0.461 e. The number of carbonyl (C=O) groups excluding carboxylic acids is 1. The van der Waals surface area contributed by atoms with Gasteiger partial charge in [0.15, 0.2) is 5.82 Å². The third kappa shape index (κ3) is 5.14. The SMILES string of the molecule is CC(C)(C)C(=O)Oc1cc(-c2nc3c4c(nc(OC[C@@]56CCCN5C[C@H](F)C6)nc4c2F)N2C[C@H]4CC[C@H](N4)[C@H]2CC3)c2ccccc2c1. The lowest BCUT2D eigenvalue weighted by molar-refractivity contribution is -0.142. The predicted octanol–water partition coefficient (Wildman–Crippen LogP) is 6.15. The number of nitrogens with zero attached hydrogens (tertiary/aromatic N) is 5. The van der Waals surface area contributed by atoms with Gasteiger partial charge in [0.2, 0.25) is 0 Å². The number of rotatable bonds is 5. The first-order chi connectivity index (χ1) is 23.6. The highest BCUT2D eigenvalue weighted by atomic mass is 19.1. The number of aromatic nitrogens is 3. The number of esters is 1. The summed E-state index contributed by atoms with van der Waals surface area (Å²) in [6.07, 6.45) is 5.04. The van der Waals surface area contributed by atoms with Crippen molar-refractivity contribution in [3.63, 3.8) is 0 Å². The van der Waals surface area contributed by atoms with Gasteiger partial charge in [0.05, 0.1) is 22.0 Å². The van der Waals surface area contributed by atoms with Gasteiger partial charge >= 0.3 is 12.0 Å². The van der Waals surface area contributed by atoms with Crippen molar-refractivity contribution in [1.82, 2.24) is 25.2 Å². The van der Waals surface area contributed by atoms with E-state index in [1.807, 2.05) is 24.3 Å². The molecule has 0 saturated carbocycles. The summed E-state index contributed by atoms with van der Waals surface area (Å²) in [5.41, 5.74) is 0.484. The third-order valence-corrected chi connectivity index (χ3v) is 11.5. The molecule has 9 nitrogen and oxygen atoms in total. The molecule has 5 aliphatic rings. The molecule has 5 aliphatic heterocycles. The standard InChI is InChI=1S/C38H42F2N6O3/c1-37(2,3)35(47)49-24-15-21-7-4-5-8-25(21)26(16-24)32-31(40)33-30-28(42-32)11-12-29-27-10-9-23(41-27)19-46(29)34(30)44-36(43-33)48-20-38-13-6-14-45(38)18-22(39)17-38/h4-5,7-8,15-16,22-23,27,29,41H,6,9-14,17-20H2,1-3H3/t22-,23-,27+,29-,38+/m1/s1. The Hall–Kier alpha value is -3.96. The maximum absolute atomic E-state index is 17.3. The van der Waals surface area contributed by atoms with E-state index in [-0.39, 0.29) is 41.4 Å². The van der Waals surface area contributed by atoms with Crippen LogP contribution >= 0.6 is 0 Å². The van der Waals surface area contributed by atoms with E-state index >= 15 is 4.39 Å². The highest BCUT2D eigenvalue weighted by molar-refractivity contribution is 6.01. The predicted molar refractivity (Wildman–Crippen MR) is 183 cm³/mol. The lowest BCUT2D eigenvalue weighted by Gasteiger charge is -2.41. The van der Waals surface area contributed by atoms with Gasteiger partial charge in [-0.3, -0.25) is 9.69 Å². The van der Waals surface area contributed by atoms with Crippen LogP contribution in [0.1, 0.15) is 65.0 Å². The number of benzene rings is 2. The first kappa shape index (κ1) is 31.1. The Morgan fingerprint density at radius 2 is 1.96 bits per heavy atom.